The van der Waals surface area contributed by atoms with Crippen LogP contribution >= 0.6 is 0 Å². The second-order valence-electron chi connectivity index (χ2n) is 4.36. The highest BCUT2D eigenvalue weighted by molar-refractivity contribution is 5.79. The Labute approximate surface area is 99.2 Å². The van der Waals surface area contributed by atoms with Gasteiger partial charge in [0.1, 0.15) is 0 Å². The van der Waals surface area contributed by atoms with Crippen LogP contribution in [0.3, 0.4) is 0 Å². The number of aryl methyl sites for hydroxylation is 1. The third-order valence-corrected chi connectivity index (χ3v) is 3.34. The molecule has 0 bridgehead atoms. The Bertz CT molecular complexity index is 420. The summed E-state index contributed by atoms with van der Waals surface area (Å²) in [6.07, 6.45) is -0.271. The number of fused-ring (bicyclic) bond motifs is 1. The van der Waals surface area contributed by atoms with Crippen molar-refractivity contribution in [2.45, 2.75) is 31.7 Å². The maximum Gasteiger partial charge on any atom is 0.315 e. The minimum absolute atomic E-state index is 0.207. The Kier molecular flexibility index (Phi) is 3.41. The van der Waals surface area contributed by atoms with Crippen LogP contribution in [0.1, 0.15) is 30.0 Å². The van der Waals surface area contributed by atoms with E-state index >= 15 is 0 Å². The molecule has 1 amide bonds. The number of alkyl halides is 2. The second-order valence-corrected chi connectivity index (χ2v) is 4.36. The van der Waals surface area contributed by atoms with Gasteiger partial charge in [0.05, 0.1) is 6.04 Å². The van der Waals surface area contributed by atoms with Gasteiger partial charge in [-0.15, -0.1) is 0 Å². The Balaban J connectivity index is 2.26. The molecule has 92 valence electrons. The average Bonchev–Trinajstić information content (AvgIpc) is 2.36. The first-order valence-electron chi connectivity index (χ1n) is 5.74. The van der Waals surface area contributed by atoms with Gasteiger partial charge in [0, 0.05) is 7.05 Å². The smallest absolute Gasteiger partial charge is 0.315 e. The lowest BCUT2D eigenvalue weighted by molar-refractivity contribution is -0.144. The van der Waals surface area contributed by atoms with Crippen molar-refractivity contribution in [3.63, 3.8) is 0 Å². The topological polar surface area (TPSA) is 20.3 Å². The molecule has 0 aromatic heterocycles. The number of rotatable bonds is 2. The van der Waals surface area contributed by atoms with Crippen LogP contribution in [0, 0.1) is 0 Å². The average molecular weight is 239 g/mol. The molecule has 0 heterocycles. The van der Waals surface area contributed by atoms with Crippen LogP contribution in [-0.2, 0) is 11.2 Å². The third-order valence-electron chi connectivity index (χ3n) is 3.34. The van der Waals surface area contributed by atoms with Crippen molar-refractivity contribution in [1.29, 1.82) is 0 Å². The molecule has 1 aromatic rings. The number of amides is 1. The molecule has 1 unspecified atom stereocenters. The normalized spacial score (nSPS) is 18.9. The van der Waals surface area contributed by atoms with E-state index < -0.39 is 12.3 Å². The molecule has 0 radical (unpaired) electrons. The molecule has 2 rings (SSSR count). The Morgan fingerprint density at radius 1 is 1.41 bits per heavy atom. The molecule has 17 heavy (non-hydrogen) atoms. The predicted molar refractivity (Wildman–Crippen MR) is 60.9 cm³/mol. The van der Waals surface area contributed by atoms with Crippen LogP contribution in [-0.4, -0.2) is 24.3 Å². The molecule has 0 spiro atoms. The molecule has 2 nitrogen and oxygen atoms in total. The van der Waals surface area contributed by atoms with E-state index in [0.29, 0.717) is 0 Å². The highest BCUT2D eigenvalue weighted by Gasteiger charge is 2.30. The van der Waals surface area contributed by atoms with Gasteiger partial charge in [0.15, 0.2) is 0 Å². The zero-order chi connectivity index (χ0) is 12.4. The van der Waals surface area contributed by atoms with Crippen LogP contribution < -0.4 is 0 Å². The fourth-order valence-corrected chi connectivity index (χ4v) is 2.44. The van der Waals surface area contributed by atoms with Gasteiger partial charge in [-0.25, -0.2) is 0 Å². The summed E-state index contributed by atoms with van der Waals surface area (Å²) < 4.78 is 24.8. The largest absolute Gasteiger partial charge is 0.334 e. The van der Waals surface area contributed by atoms with Crippen molar-refractivity contribution < 1.29 is 13.6 Å². The Morgan fingerprint density at radius 2 is 2.12 bits per heavy atom. The number of hydrogen-bond donors (Lipinski definition) is 0. The summed E-state index contributed by atoms with van der Waals surface area (Å²) in [5.74, 6) is -1.09. The van der Waals surface area contributed by atoms with Crippen molar-refractivity contribution in [3.8, 4) is 0 Å². The molecule has 0 saturated carbocycles. The SMILES string of the molecule is CN(C(=O)C(F)F)C1CCCc2ccccc21. The number of carbonyl (C=O) groups excluding carboxylic acids is 1. The lowest BCUT2D eigenvalue weighted by atomic mass is 9.87. The van der Waals surface area contributed by atoms with Crippen molar-refractivity contribution in [3.05, 3.63) is 35.4 Å². The van der Waals surface area contributed by atoms with Crippen LogP contribution in [0.25, 0.3) is 0 Å². The fourth-order valence-electron chi connectivity index (χ4n) is 2.44. The summed E-state index contributed by atoms with van der Waals surface area (Å²) in [6, 6.07) is 7.55. The lowest BCUT2D eigenvalue weighted by Gasteiger charge is -2.33. The number of halogens is 2. The van der Waals surface area contributed by atoms with Gasteiger partial charge in [-0.2, -0.15) is 8.78 Å². The predicted octanol–water partition coefficient (Wildman–Crippen LogP) is 2.79. The Morgan fingerprint density at radius 3 is 2.82 bits per heavy atom. The van der Waals surface area contributed by atoms with E-state index in [2.05, 4.69) is 0 Å². The molecule has 4 heteroatoms. The van der Waals surface area contributed by atoms with Crippen molar-refractivity contribution in [1.82, 2.24) is 4.90 Å². The molecule has 0 aliphatic heterocycles. The van der Waals surface area contributed by atoms with Gasteiger partial charge in [-0.1, -0.05) is 24.3 Å². The van der Waals surface area contributed by atoms with E-state index in [1.165, 1.54) is 11.9 Å². The first kappa shape index (κ1) is 12.0. The van der Waals surface area contributed by atoms with E-state index in [9.17, 15) is 13.6 Å². The maximum absolute atomic E-state index is 12.4. The van der Waals surface area contributed by atoms with Crippen molar-refractivity contribution >= 4 is 5.91 Å². The third kappa shape index (κ3) is 2.30. The molecule has 0 saturated heterocycles. The summed E-state index contributed by atoms with van der Waals surface area (Å²) in [4.78, 5) is 12.5. The minimum Gasteiger partial charge on any atom is -0.334 e. The second kappa shape index (κ2) is 4.82. The lowest BCUT2D eigenvalue weighted by Crippen LogP contribution is -2.37. The highest BCUT2D eigenvalue weighted by atomic mass is 19.3. The molecular weight excluding hydrogens is 224 g/mol. The molecule has 1 atom stereocenters. The standard InChI is InChI=1S/C13H15F2NO/c1-16(13(17)12(14)15)11-8-4-6-9-5-2-3-7-10(9)11/h2-3,5,7,11-12H,4,6,8H2,1H3. The molecule has 1 aliphatic carbocycles. The van der Waals surface area contributed by atoms with Crippen LogP contribution in [0.15, 0.2) is 24.3 Å². The highest BCUT2D eigenvalue weighted by Crippen LogP contribution is 2.33. The summed E-state index contributed by atoms with van der Waals surface area (Å²) in [5.41, 5.74) is 2.17. The summed E-state index contributed by atoms with van der Waals surface area (Å²) in [6.45, 7) is 0. The van der Waals surface area contributed by atoms with Gasteiger partial charge < -0.3 is 4.90 Å². The van der Waals surface area contributed by atoms with Crippen molar-refractivity contribution in [2.24, 2.45) is 0 Å². The maximum atomic E-state index is 12.4. The molecule has 1 aliphatic rings. The quantitative estimate of drug-likeness (QED) is 0.777. The monoisotopic (exact) mass is 239 g/mol. The van der Waals surface area contributed by atoms with E-state index in [1.54, 1.807) is 0 Å². The molecule has 1 aromatic carbocycles. The summed E-state index contributed by atoms with van der Waals surface area (Å²) in [7, 11) is 1.46. The first-order valence-corrected chi connectivity index (χ1v) is 5.74. The van der Waals surface area contributed by atoms with Gasteiger partial charge in [-0.05, 0) is 30.4 Å². The van der Waals surface area contributed by atoms with E-state index in [0.717, 1.165) is 30.4 Å². The zero-order valence-electron chi connectivity index (χ0n) is 9.70. The van der Waals surface area contributed by atoms with E-state index in [-0.39, 0.29) is 6.04 Å². The van der Waals surface area contributed by atoms with Crippen molar-refractivity contribution in [2.75, 3.05) is 7.05 Å². The van der Waals surface area contributed by atoms with E-state index in [4.69, 9.17) is 0 Å². The minimum atomic E-state index is -2.92. The van der Waals surface area contributed by atoms with Gasteiger partial charge in [0.2, 0.25) is 0 Å². The summed E-state index contributed by atoms with van der Waals surface area (Å²) >= 11 is 0. The number of benzene rings is 1. The molecule has 0 fully saturated rings. The van der Waals surface area contributed by atoms with Crippen LogP contribution in [0.5, 0.6) is 0 Å². The number of carbonyl (C=O) groups is 1. The Hall–Kier alpha value is -1.45. The molecular formula is C13H15F2NO. The number of hydrogen-bond acceptors (Lipinski definition) is 1. The van der Waals surface area contributed by atoms with Crippen LogP contribution in [0.2, 0.25) is 0 Å². The van der Waals surface area contributed by atoms with Gasteiger partial charge in [-0.3, -0.25) is 4.79 Å². The van der Waals surface area contributed by atoms with Gasteiger partial charge >= 0.3 is 6.43 Å². The first-order chi connectivity index (χ1) is 8.11. The summed E-state index contributed by atoms with van der Waals surface area (Å²) in [5, 5.41) is 0. The van der Waals surface area contributed by atoms with Crippen LogP contribution in [0.4, 0.5) is 8.78 Å². The van der Waals surface area contributed by atoms with E-state index in [1.807, 2.05) is 24.3 Å². The zero-order valence-corrected chi connectivity index (χ0v) is 9.70. The van der Waals surface area contributed by atoms with Gasteiger partial charge in [0.25, 0.3) is 5.91 Å². The fraction of sp³-hybridized carbons (Fsp3) is 0.462. The number of nitrogens with zero attached hydrogens (tertiary/aromatic N) is 1. The molecule has 0 N–H and O–H groups in total.